The van der Waals surface area contributed by atoms with E-state index >= 15 is 0 Å². The SMILES string of the molecule is COC(C)CS(=O)(=O)N1CCC(C)(CN)C1. The fourth-order valence-corrected chi connectivity index (χ4v) is 3.67. The summed E-state index contributed by atoms with van der Waals surface area (Å²) in [7, 11) is -1.68. The third-order valence-corrected chi connectivity index (χ3v) is 5.25. The van der Waals surface area contributed by atoms with E-state index in [0.717, 1.165) is 6.42 Å². The number of nitrogens with two attached hydrogens (primary N) is 1. The zero-order valence-corrected chi connectivity index (χ0v) is 11.1. The first-order chi connectivity index (χ1) is 7.33. The van der Waals surface area contributed by atoms with E-state index in [4.69, 9.17) is 10.5 Å². The monoisotopic (exact) mass is 250 g/mol. The van der Waals surface area contributed by atoms with Crippen molar-refractivity contribution in [2.24, 2.45) is 11.1 Å². The van der Waals surface area contributed by atoms with Crippen molar-refractivity contribution in [3.05, 3.63) is 0 Å². The van der Waals surface area contributed by atoms with Crippen LogP contribution < -0.4 is 5.73 Å². The van der Waals surface area contributed by atoms with Gasteiger partial charge in [-0.3, -0.25) is 0 Å². The van der Waals surface area contributed by atoms with Crippen LogP contribution in [0, 0.1) is 5.41 Å². The molecule has 0 spiro atoms. The molecule has 1 aliphatic rings. The second-order valence-electron chi connectivity index (χ2n) is 4.92. The van der Waals surface area contributed by atoms with Gasteiger partial charge in [0.25, 0.3) is 0 Å². The molecule has 0 bridgehead atoms. The van der Waals surface area contributed by atoms with Crippen LogP contribution in [0.3, 0.4) is 0 Å². The van der Waals surface area contributed by atoms with E-state index in [9.17, 15) is 8.42 Å². The largest absolute Gasteiger partial charge is 0.381 e. The minimum atomic E-state index is -3.20. The Labute approximate surface area is 98.0 Å². The number of methoxy groups -OCH3 is 1. The van der Waals surface area contributed by atoms with Gasteiger partial charge < -0.3 is 10.5 Å². The predicted molar refractivity (Wildman–Crippen MR) is 63.6 cm³/mol. The van der Waals surface area contributed by atoms with E-state index in [-0.39, 0.29) is 17.3 Å². The van der Waals surface area contributed by atoms with E-state index in [0.29, 0.717) is 19.6 Å². The Morgan fingerprint density at radius 3 is 2.62 bits per heavy atom. The summed E-state index contributed by atoms with van der Waals surface area (Å²) >= 11 is 0. The molecule has 1 heterocycles. The molecule has 0 aromatic carbocycles. The van der Waals surface area contributed by atoms with Crippen molar-refractivity contribution >= 4 is 10.0 Å². The van der Waals surface area contributed by atoms with Crippen LogP contribution >= 0.6 is 0 Å². The molecule has 1 rings (SSSR count). The molecule has 2 unspecified atom stereocenters. The zero-order valence-electron chi connectivity index (χ0n) is 10.3. The molecular formula is C10H22N2O3S. The van der Waals surface area contributed by atoms with Crippen molar-refractivity contribution in [3.8, 4) is 0 Å². The fraction of sp³-hybridized carbons (Fsp3) is 1.00. The van der Waals surface area contributed by atoms with Crippen molar-refractivity contribution in [2.45, 2.75) is 26.4 Å². The molecule has 5 nitrogen and oxygen atoms in total. The van der Waals surface area contributed by atoms with Gasteiger partial charge >= 0.3 is 0 Å². The molecule has 1 aliphatic heterocycles. The van der Waals surface area contributed by atoms with Gasteiger partial charge in [-0.2, -0.15) is 0 Å². The standard InChI is InChI=1S/C10H22N2O3S/c1-9(15-3)6-16(13,14)12-5-4-10(2,7-11)8-12/h9H,4-8,11H2,1-3H3. The molecule has 0 radical (unpaired) electrons. The average molecular weight is 250 g/mol. The number of hydrogen-bond acceptors (Lipinski definition) is 4. The molecule has 96 valence electrons. The van der Waals surface area contributed by atoms with Gasteiger partial charge in [0, 0.05) is 20.2 Å². The Morgan fingerprint density at radius 2 is 2.19 bits per heavy atom. The van der Waals surface area contributed by atoms with Crippen LogP contribution in [0.4, 0.5) is 0 Å². The van der Waals surface area contributed by atoms with Crippen molar-refractivity contribution in [1.29, 1.82) is 0 Å². The van der Waals surface area contributed by atoms with E-state index in [1.54, 1.807) is 6.92 Å². The van der Waals surface area contributed by atoms with Gasteiger partial charge in [-0.15, -0.1) is 0 Å². The number of rotatable bonds is 5. The lowest BCUT2D eigenvalue weighted by molar-refractivity contribution is 0.135. The highest BCUT2D eigenvalue weighted by Gasteiger charge is 2.38. The summed E-state index contributed by atoms with van der Waals surface area (Å²) < 4.78 is 30.6. The molecule has 2 N–H and O–H groups in total. The van der Waals surface area contributed by atoms with Crippen molar-refractivity contribution in [1.82, 2.24) is 4.31 Å². The smallest absolute Gasteiger partial charge is 0.216 e. The van der Waals surface area contributed by atoms with Crippen LogP contribution in [0.25, 0.3) is 0 Å². The lowest BCUT2D eigenvalue weighted by atomic mass is 9.90. The molecule has 0 saturated carbocycles. The van der Waals surface area contributed by atoms with Crippen molar-refractivity contribution < 1.29 is 13.2 Å². The summed E-state index contributed by atoms with van der Waals surface area (Å²) in [4.78, 5) is 0. The molecule has 1 saturated heterocycles. The molecule has 0 aromatic rings. The lowest BCUT2D eigenvalue weighted by Crippen LogP contribution is -2.38. The van der Waals surface area contributed by atoms with E-state index in [1.807, 2.05) is 6.92 Å². The Morgan fingerprint density at radius 1 is 1.56 bits per heavy atom. The third-order valence-electron chi connectivity index (χ3n) is 3.26. The lowest BCUT2D eigenvalue weighted by Gasteiger charge is -2.23. The van der Waals surface area contributed by atoms with Gasteiger partial charge in [-0.05, 0) is 25.3 Å². The van der Waals surface area contributed by atoms with E-state index in [1.165, 1.54) is 11.4 Å². The number of hydrogen-bond donors (Lipinski definition) is 1. The Hall–Kier alpha value is -0.170. The number of sulfonamides is 1. The minimum absolute atomic E-state index is 0.0458. The molecule has 16 heavy (non-hydrogen) atoms. The summed E-state index contributed by atoms with van der Waals surface area (Å²) in [5.41, 5.74) is 5.59. The van der Waals surface area contributed by atoms with Crippen LogP contribution in [0.2, 0.25) is 0 Å². The minimum Gasteiger partial charge on any atom is -0.381 e. The zero-order chi connectivity index (χ0) is 12.4. The van der Waals surface area contributed by atoms with E-state index < -0.39 is 10.0 Å². The van der Waals surface area contributed by atoms with Gasteiger partial charge in [-0.25, -0.2) is 12.7 Å². The first kappa shape index (κ1) is 13.9. The van der Waals surface area contributed by atoms with Gasteiger partial charge in [0.05, 0.1) is 11.9 Å². The van der Waals surface area contributed by atoms with Crippen LogP contribution in [-0.2, 0) is 14.8 Å². The van der Waals surface area contributed by atoms with Gasteiger partial charge in [0.1, 0.15) is 0 Å². The molecule has 6 heteroatoms. The average Bonchev–Trinajstić information content (AvgIpc) is 2.62. The predicted octanol–water partition coefficient (Wildman–Crippen LogP) is 0.0218. The van der Waals surface area contributed by atoms with E-state index in [2.05, 4.69) is 0 Å². The highest BCUT2D eigenvalue weighted by molar-refractivity contribution is 7.89. The molecule has 0 amide bonds. The van der Waals surface area contributed by atoms with Crippen LogP contribution in [-0.4, -0.2) is 51.3 Å². The summed E-state index contributed by atoms with van der Waals surface area (Å²) in [6.07, 6.45) is 0.569. The number of nitrogens with zero attached hydrogens (tertiary/aromatic N) is 1. The second-order valence-corrected chi connectivity index (χ2v) is 6.94. The maximum atomic E-state index is 12.0. The van der Waals surface area contributed by atoms with Crippen molar-refractivity contribution in [3.63, 3.8) is 0 Å². The molecule has 0 aliphatic carbocycles. The quantitative estimate of drug-likeness (QED) is 0.746. The molecule has 2 atom stereocenters. The maximum absolute atomic E-state index is 12.0. The molecule has 1 fully saturated rings. The van der Waals surface area contributed by atoms with Gasteiger partial charge in [0.2, 0.25) is 10.0 Å². The van der Waals surface area contributed by atoms with Crippen molar-refractivity contribution in [2.75, 3.05) is 32.5 Å². The maximum Gasteiger partial charge on any atom is 0.216 e. The summed E-state index contributed by atoms with van der Waals surface area (Å²) in [6, 6.07) is 0. The third kappa shape index (κ3) is 3.16. The first-order valence-corrected chi connectivity index (χ1v) is 7.14. The van der Waals surface area contributed by atoms with Crippen LogP contribution in [0.5, 0.6) is 0 Å². The first-order valence-electron chi connectivity index (χ1n) is 5.54. The topological polar surface area (TPSA) is 72.6 Å². The molecule has 0 aromatic heterocycles. The Kier molecular flexibility index (Phi) is 4.34. The molecular weight excluding hydrogens is 228 g/mol. The summed E-state index contributed by atoms with van der Waals surface area (Å²) in [5.74, 6) is 0.0458. The Balaban J connectivity index is 2.66. The normalized spacial score (nSPS) is 29.5. The summed E-state index contributed by atoms with van der Waals surface area (Å²) in [6.45, 7) is 5.42. The fourth-order valence-electron chi connectivity index (χ4n) is 1.85. The van der Waals surface area contributed by atoms with Crippen LogP contribution in [0.1, 0.15) is 20.3 Å². The highest BCUT2D eigenvalue weighted by atomic mass is 32.2. The van der Waals surface area contributed by atoms with Gasteiger partial charge in [-0.1, -0.05) is 6.92 Å². The summed E-state index contributed by atoms with van der Waals surface area (Å²) in [5, 5.41) is 0. The Bertz CT molecular complexity index is 331. The second kappa shape index (κ2) is 5.00. The van der Waals surface area contributed by atoms with Gasteiger partial charge in [0.15, 0.2) is 0 Å². The van der Waals surface area contributed by atoms with Crippen LogP contribution in [0.15, 0.2) is 0 Å². The highest BCUT2D eigenvalue weighted by Crippen LogP contribution is 2.30. The number of ether oxygens (including phenoxy) is 1.